The Morgan fingerprint density at radius 2 is 2.11 bits per heavy atom. The second-order valence-corrected chi connectivity index (χ2v) is 4.42. The second kappa shape index (κ2) is 5.69. The van der Waals surface area contributed by atoms with Crippen LogP contribution in [0.3, 0.4) is 0 Å². The average molecular weight is 263 g/mol. The largest absolute Gasteiger partial charge is 0.361 e. The van der Waals surface area contributed by atoms with E-state index in [4.69, 9.17) is 9.05 Å². The summed E-state index contributed by atoms with van der Waals surface area (Å²) in [6, 6.07) is 1.86. The van der Waals surface area contributed by atoms with Crippen LogP contribution in [0.1, 0.15) is 46.6 Å². The number of carbonyl (C=O) groups excluding carboxylic acids is 1. The lowest BCUT2D eigenvalue weighted by Gasteiger charge is -2.01. The number of nitrogens with zero attached hydrogens (tertiary/aromatic N) is 2. The number of carbonyl (C=O) groups is 1. The van der Waals surface area contributed by atoms with Gasteiger partial charge in [-0.1, -0.05) is 23.7 Å². The van der Waals surface area contributed by atoms with Gasteiger partial charge in [0.15, 0.2) is 5.76 Å². The Hall–Kier alpha value is -2.11. The van der Waals surface area contributed by atoms with Crippen molar-refractivity contribution >= 4 is 5.91 Å². The summed E-state index contributed by atoms with van der Waals surface area (Å²) in [5, 5.41) is 10.4. The highest BCUT2D eigenvalue weighted by Crippen LogP contribution is 2.12. The topological polar surface area (TPSA) is 81.2 Å². The third kappa shape index (κ3) is 3.01. The molecule has 2 aromatic heterocycles. The molecule has 0 spiro atoms. The van der Waals surface area contributed by atoms with E-state index in [1.807, 2.05) is 6.07 Å². The number of aryl methyl sites for hydroxylation is 3. The lowest BCUT2D eigenvalue weighted by atomic mass is 10.2. The maximum Gasteiger partial charge on any atom is 0.257 e. The predicted octanol–water partition coefficient (Wildman–Crippen LogP) is 2.16. The van der Waals surface area contributed by atoms with Gasteiger partial charge in [-0.15, -0.1) is 0 Å². The zero-order valence-electron chi connectivity index (χ0n) is 11.3. The summed E-state index contributed by atoms with van der Waals surface area (Å²) in [7, 11) is 0. The first-order chi connectivity index (χ1) is 9.11. The van der Waals surface area contributed by atoms with E-state index in [0.717, 1.165) is 18.5 Å². The van der Waals surface area contributed by atoms with Crippen molar-refractivity contribution in [3.8, 4) is 0 Å². The fourth-order valence-electron chi connectivity index (χ4n) is 1.88. The van der Waals surface area contributed by atoms with Gasteiger partial charge in [0.1, 0.15) is 11.3 Å². The summed E-state index contributed by atoms with van der Waals surface area (Å²) in [4.78, 5) is 12.0. The molecule has 0 saturated carbocycles. The third-order valence-electron chi connectivity index (χ3n) is 2.80. The van der Waals surface area contributed by atoms with Crippen LogP contribution in [0.2, 0.25) is 0 Å². The van der Waals surface area contributed by atoms with Crippen LogP contribution in [-0.4, -0.2) is 16.2 Å². The molecule has 19 heavy (non-hydrogen) atoms. The van der Waals surface area contributed by atoms with Crippen molar-refractivity contribution in [2.24, 2.45) is 0 Å². The first-order valence-corrected chi connectivity index (χ1v) is 6.27. The highest BCUT2D eigenvalue weighted by atomic mass is 16.5. The molecular weight excluding hydrogens is 246 g/mol. The first kappa shape index (κ1) is 13.3. The molecule has 102 valence electrons. The van der Waals surface area contributed by atoms with E-state index in [2.05, 4.69) is 22.6 Å². The first-order valence-electron chi connectivity index (χ1n) is 6.27. The molecule has 0 aromatic carbocycles. The van der Waals surface area contributed by atoms with Crippen LogP contribution >= 0.6 is 0 Å². The predicted molar refractivity (Wildman–Crippen MR) is 67.6 cm³/mol. The smallest absolute Gasteiger partial charge is 0.257 e. The summed E-state index contributed by atoms with van der Waals surface area (Å²) >= 11 is 0. The highest BCUT2D eigenvalue weighted by Gasteiger charge is 2.17. The number of aromatic nitrogens is 2. The molecule has 0 atom stereocenters. The quantitative estimate of drug-likeness (QED) is 0.894. The standard InChI is InChI=1S/C13H17N3O3/c1-4-5-10-6-11(19-16-10)7-14-13(17)12-8(2)15-18-9(12)3/h6H,4-5,7H2,1-3H3,(H,14,17). The van der Waals surface area contributed by atoms with E-state index in [-0.39, 0.29) is 5.91 Å². The van der Waals surface area contributed by atoms with Gasteiger partial charge >= 0.3 is 0 Å². The summed E-state index contributed by atoms with van der Waals surface area (Å²) < 4.78 is 10.1. The molecule has 1 N–H and O–H groups in total. The van der Waals surface area contributed by atoms with E-state index < -0.39 is 0 Å². The van der Waals surface area contributed by atoms with E-state index >= 15 is 0 Å². The average Bonchev–Trinajstić information content (AvgIpc) is 2.95. The van der Waals surface area contributed by atoms with Crippen molar-refractivity contribution in [1.82, 2.24) is 15.6 Å². The third-order valence-corrected chi connectivity index (χ3v) is 2.80. The second-order valence-electron chi connectivity index (χ2n) is 4.42. The molecule has 0 bridgehead atoms. The van der Waals surface area contributed by atoms with Crippen molar-refractivity contribution < 1.29 is 13.8 Å². The molecule has 6 heteroatoms. The molecule has 2 heterocycles. The Balaban J connectivity index is 1.96. The van der Waals surface area contributed by atoms with Gasteiger partial charge in [0.05, 0.1) is 17.9 Å². The fraction of sp³-hybridized carbons (Fsp3) is 0.462. The van der Waals surface area contributed by atoms with Crippen molar-refractivity contribution in [2.45, 2.75) is 40.2 Å². The van der Waals surface area contributed by atoms with Crippen LogP contribution < -0.4 is 5.32 Å². The molecule has 2 rings (SSSR count). The monoisotopic (exact) mass is 263 g/mol. The van der Waals surface area contributed by atoms with Crippen LogP contribution in [0.5, 0.6) is 0 Å². The SMILES string of the molecule is CCCc1cc(CNC(=O)c2c(C)noc2C)on1. The normalized spacial score (nSPS) is 10.7. The maximum absolute atomic E-state index is 12.0. The van der Waals surface area contributed by atoms with Crippen molar-refractivity contribution in [3.63, 3.8) is 0 Å². The van der Waals surface area contributed by atoms with E-state index in [1.165, 1.54) is 0 Å². The Bertz CT molecular complexity index is 552. The molecule has 6 nitrogen and oxygen atoms in total. The van der Waals surface area contributed by atoms with Gasteiger partial charge < -0.3 is 14.4 Å². The summed E-state index contributed by atoms with van der Waals surface area (Å²) in [6.45, 7) is 5.83. The summed E-state index contributed by atoms with van der Waals surface area (Å²) in [6.07, 6.45) is 1.89. The van der Waals surface area contributed by atoms with Crippen LogP contribution in [0.15, 0.2) is 15.1 Å². The lowest BCUT2D eigenvalue weighted by molar-refractivity contribution is 0.0945. The highest BCUT2D eigenvalue weighted by molar-refractivity contribution is 5.95. The molecule has 0 aliphatic heterocycles. The van der Waals surface area contributed by atoms with Gasteiger partial charge in [0.2, 0.25) is 0 Å². The molecule has 0 fully saturated rings. The Morgan fingerprint density at radius 3 is 2.74 bits per heavy atom. The fourth-order valence-corrected chi connectivity index (χ4v) is 1.88. The summed E-state index contributed by atoms with van der Waals surface area (Å²) in [5.41, 5.74) is 1.97. The van der Waals surface area contributed by atoms with Gasteiger partial charge in [-0.2, -0.15) is 0 Å². The maximum atomic E-state index is 12.0. The Labute approximate surface area is 111 Å². The van der Waals surface area contributed by atoms with Gasteiger partial charge in [-0.25, -0.2) is 0 Å². The zero-order valence-corrected chi connectivity index (χ0v) is 11.3. The van der Waals surface area contributed by atoms with E-state index in [9.17, 15) is 4.79 Å². The molecular formula is C13H17N3O3. The van der Waals surface area contributed by atoms with Crippen LogP contribution in [0, 0.1) is 13.8 Å². The van der Waals surface area contributed by atoms with Crippen molar-refractivity contribution in [1.29, 1.82) is 0 Å². The number of rotatable bonds is 5. The van der Waals surface area contributed by atoms with Crippen molar-refractivity contribution in [3.05, 3.63) is 34.5 Å². The van der Waals surface area contributed by atoms with E-state index in [1.54, 1.807) is 13.8 Å². The minimum Gasteiger partial charge on any atom is -0.361 e. The van der Waals surface area contributed by atoms with Crippen LogP contribution in [0.25, 0.3) is 0 Å². The summed E-state index contributed by atoms with van der Waals surface area (Å²) in [5.74, 6) is 0.937. The van der Waals surface area contributed by atoms with Gasteiger partial charge in [-0.05, 0) is 20.3 Å². The molecule has 0 radical (unpaired) electrons. The van der Waals surface area contributed by atoms with Gasteiger partial charge in [0.25, 0.3) is 5.91 Å². The number of amides is 1. The Morgan fingerprint density at radius 1 is 1.32 bits per heavy atom. The number of hydrogen-bond acceptors (Lipinski definition) is 5. The van der Waals surface area contributed by atoms with Crippen LogP contribution in [0.4, 0.5) is 0 Å². The molecule has 0 saturated heterocycles. The lowest BCUT2D eigenvalue weighted by Crippen LogP contribution is -2.23. The number of hydrogen-bond donors (Lipinski definition) is 1. The zero-order chi connectivity index (χ0) is 13.8. The minimum absolute atomic E-state index is 0.218. The minimum atomic E-state index is -0.218. The van der Waals surface area contributed by atoms with Crippen molar-refractivity contribution in [2.75, 3.05) is 0 Å². The van der Waals surface area contributed by atoms with Crippen LogP contribution in [-0.2, 0) is 13.0 Å². The van der Waals surface area contributed by atoms with Gasteiger partial charge in [-0.3, -0.25) is 4.79 Å². The molecule has 0 aliphatic carbocycles. The van der Waals surface area contributed by atoms with E-state index in [0.29, 0.717) is 29.3 Å². The Kier molecular flexibility index (Phi) is 3.99. The molecule has 0 unspecified atom stereocenters. The molecule has 1 amide bonds. The van der Waals surface area contributed by atoms with Gasteiger partial charge in [0, 0.05) is 6.07 Å². The molecule has 0 aliphatic rings. The molecule has 2 aromatic rings. The number of nitrogens with one attached hydrogen (secondary N) is 1.